The van der Waals surface area contributed by atoms with E-state index in [1.54, 1.807) is 5.55 Å². The standard InChI is InChI=1S/C11H10F2N2O2S/c12-11(13)17-7-3-1-6(2-4-7)8(16)9-10(14)15-5-18-9/h1-5,9-11H,14H2. The first-order valence-electron chi connectivity index (χ1n) is 5.09. The number of alkyl halides is 2. The summed E-state index contributed by atoms with van der Waals surface area (Å²) in [4.78, 5) is 15.9. The van der Waals surface area contributed by atoms with E-state index in [1.165, 1.54) is 36.0 Å². The number of nitrogens with two attached hydrogens (primary N) is 1. The van der Waals surface area contributed by atoms with Crippen molar-refractivity contribution in [2.45, 2.75) is 18.0 Å². The molecule has 1 aliphatic rings. The number of Topliss-reactive ketones (excluding diaryl/α,β-unsaturated/α-hetero) is 1. The Morgan fingerprint density at radius 3 is 2.56 bits per heavy atom. The van der Waals surface area contributed by atoms with E-state index in [0.717, 1.165) is 0 Å². The molecule has 0 radical (unpaired) electrons. The molecule has 1 aromatic carbocycles. The molecule has 0 fully saturated rings. The van der Waals surface area contributed by atoms with Crippen LogP contribution in [0.5, 0.6) is 5.75 Å². The lowest BCUT2D eigenvalue weighted by Crippen LogP contribution is -2.33. The fraction of sp³-hybridized carbons (Fsp3) is 0.273. The van der Waals surface area contributed by atoms with Crippen molar-refractivity contribution in [1.82, 2.24) is 0 Å². The van der Waals surface area contributed by atoms with Gasteiger partial charge in [0.05, 0.1) is 5.55 Å². The summed E-state index contributed by atoms with van der Waals surface area (Å²) in [7, 11) is 0. The number of benzene rings is 1. The van der Waals surface area contributed by atoms with Gasteiger partial charge in [0.1, 0.15) is 17.2 Å². The van der Waals surface area contributed by atoms with Crippen molar-refractivity contribution in [2.24, 2.45) is 10.7 Å². The maximum atomic E-state index is 12.0. The van der Waals surface area contributed by atoms with Crippen molar-refractivity contribution >= 4 is 23.1 Å². The molecule has 2 atom stereocenters. The molecule has 18 heavy (non-hydrogen) atoms. The average molecular weight is 272 g/mol. The van der Waals surface area contributed by atoms with Gasteiger partial charge in [-0.1, -0.05) is 11.8 Å². The normalized spacial score (nSPS) is 22.4. The van der Waals surface area contributed by atoms with Crippen LogP contribution in [0.4, 0.5) is 8.78 Å². The van der Waals surface area contributed by atoms with E-state index >= 15 is 0 Å². The van der Waals surface area contributed by atoms with Gasteiger partial charge < -0.3 is 10.5 Å². The molecule has 0 saturated carbocycles. The Morgan fingerprint density at radius 1 is 1.39 bits per heavy atom. The highest BCUT2D eigenvalue weighted by Gasteiger charge is 2.29. The minimum Gasteiger partial charge on any atom is -0.435 e. The summed E-state index contributed by atoms with van der Waals surface area (Å²) in [5.74, 6) is -0.158. The molecule has 2 rings (SSSR count). The summed E-state index contributed by atoms with van der Waals surface area (Å²) < 4.78 is 28.1. The van der Waals surface area contributed by atoms with Crippen LogP contribution >= 0.6 is 11.8 Å². The van der Waals surface area contributed by atoms with Crippen molar-refractivity contribution in [3.8, 4) is 5.75 Å². The SMILES string of the molecule is NC1N=CSC1C(=O)c1ccc(OC(F)F)cc1. The Balaban J connectivity index is 2.07. The number of hydrogen-bond donors (Lipinski definition) is 1. The Morgan fingerprint density at radius 2 is 2.06 bits per heavy atom. The molecule has 0 saturated heterocycles. The highest BCUT2D eigenvalue weighted by molar-refractivity contribution is 8.13. The highest BCUT2D eigenvalue weighted by atomic mass is 32.2. The fourth-order valence-electron chi connectivity index (χ4n) is 1.51. The van der Waals surface area contributed by atoms with Crippen LogP contribution in [0.15, 0.2) is 29.3 Å². The summed E-state index contributed by atoms with van der Waals surface area (Å²) in [6.07, 6.45) is -0.556. The van der Waals surface area contributed by atoms with Crippen LogP contribution in [0.2, 0.25) is 0 Å². The molecule has 0 spiro atoms. The number of hydrogen-bond acceptors (Lipinski definition) is 5. The van der Waals surface area contributed by atoms with Crippen molar-refractivity contribution in [3.05, 3.63) is 29.8 Å². The minimum atomic E-state index is -2.88. The summed E-state index contributed by atoms with van der Waals surface area (Å²) in [6.45, 7) is -2.88. The van der Waals surface area contributed by atoms with Crippen LogP contribution in [0.3, 0.4) is 0 Å². The Hall–Kier alpha value is -1.47. The van der Waals surface area contributed by atoms with Crippen LogP contribution in [-0.4, -0.2) is 29.4 Å². The van der Waals surface area contributed by atoms with Gasteiger partial charge in [0.15, 0.2) is 5.78 Å². The van der Waals surface area contributed by atoms with E-state index in [1.807, 2.05) is 0 Å². The summed E-state index contributed by atoms with van der Waals surface area (Å²) >= 11 is 1.25. The Kier molecular flexibility index (Phi) is 3.93. The first kappa shape index (κ1) is 13.0. The van der Waals surface area contributed by atoms with Crippen molar-refractivity contribution in [2.75, 3.05) is 0 Å². The fourth-order valence-corrected chi connectivity index (χ4v) is 2.34. The molecule has 0 aromatic heterocycles. The second-order valence-electron chi connectivity index (χ2n) is 3.57. The van der Waals surface area contributed by atoms with Gasteiger partial charge >= 0.3 is 6.61 Å². The maximum Gasteiger partial charge on any atom is 0.387 e. The monoisotopic (exact) mass is 272 g/mol. The zero-order valence-corrected chi connectivity index (χ0v) is 9.94. The van der Waals surface area contributed by atoms with Gasteiger partial charge in [-0.3, -0.25) is 9.79 Å². The Bertz CT molecular complexity index is 465. The number of ketones is 1. The Labute approximate surface area is 106 Å². The van der Waals surface area contributed by atoms with Crippen molar-refractivity contribution < 1.29 is 18.3 Å². The van der Waals surface area contributed by atoms with Gasteiger partial charge in [-0.25, -0.2) is 0 Å². The van der Waals surface area contributed by atoms with Crippen molar-refractivity contribution in [3.63, 3.8) is 0 Å². The number of rotatable bonds is 4. The first-order valence-corrected chi connectivity index (χ1v) is 6.04. The van der Waals surface area contributed by atoms with E-state index in [0.29, 0.717) is 5.56 Å². The summed E-state index contributed by atoms with van der Waals surface area (Å²) in [5, 5.41) is -0.452. The van der Waals surface area contributed by atoms with Gasteiger partial charge in [0, 0.05) is 5.56 Å². The highest BCUT2D eigenvalue weighted by Crippen LogP contribution is 2.24. The first-order chi connectivity index (χ1) is 8.58. The molecule has 1 aromatic rings. The topological polar surface area (TPSA) is 64.7 Å². The van der Waals surface area contributed by atoms with Gasteiger partial charge in [-0.05, 0) is 24.3 Å². The third-order valence-corrected chi connectivity index (χ3v) is 3.40. The van der Waals surface area contributed by atoms with Gasteiger partial charge in [0.2, 0.25) is 0 Å². The van der Waals surface area contributed by atoms with E-state index in [2.05, 4.69) is 9.73 Å². The second-order valence-corrected chi connectivity index (χ2v) is 4.56. The minimum absolute atomic E-state index is 0.0150. The smallest absolute Gasteiger partial charge is 0.387 e. The van der Waals surface area contributed by atoms with Crippen LogP contribution in [-0.2, 0) is 0 Å². The van der Waals surface area contributed by atoms with Gasteiger partial charge in [-0.2, -0.15) is 8.78 Å². The molecule has 4 nitrogen and oxygen atoms in total. The zero-order valence-electron chi connectivity index (χ0n) is 9.12. The third kappa shape index (κ3) is 2.85. The number of carbonyl (C=O) groups is 1. The molecule has 0 amide bonds. The molecule has 0 aliphatic carbocycles. The van der Waals surface area contributed by atoms with E-state index in [-0.39, 0.29) is 11.5 Å². The lowest BCUT2D eigenvalue weighted by Gasteiger charge is -2.12. The number of halogens is 2. The summed E-state index contributed by atoms with van der Waals surface area (Å²) in [6, 6.07) is 5.52. The molecule has 1 aliphatic heterocycles. The van der Waals surface area contributed by atoms with Gasteiger partial charge in [-0.15, -0.1) is 0 Å². The number of ether oxygens (including phenoxy) is 1. The molecule has 2 unspecified atom stereocenters. The molecule has 96 valence electrons. The molecular weight excluding hydrogens is 262 g/mol. The maximum absolute atomic E-state index is 12.0. The predicted molar refractivity (Wildman–Crippen MR) is 65.3 cm³/mol. The molecule has 7 heteroatoms. The average Bonchev–Trinajstić information content (AvgIpc) is 2.75. The van der Waals surface area contributed by atoms with E-state index in [9.17, 15) is 13.6 Å². The van der Waals surface area contributed by atoms with Gasteiger partial charge in [0.25, 0.3) is 0 Å². The van der Waals surface area contributed by atoms with Crippen LogP contribution in [0.1, 0.15) is 10.4 Å². The lowest BCUT2D eigenvalue weighted by atomic mass is 10.1. The second kappa shape index (κ2) is 5.45. The van der Waals surface area contributed by atoms with E-state index in [4.69, 9.17) is 5.73 Å². The number of aliphatic imine (C=N–C) groups is 1. The van der Waals surface area contributed by atoms with Crippen LogP contribution in [0.25, 0.3) is 0 Å². The molecule has 1 heterocycles. The zero-order chi connectivity index (χ0) is 13.1. The van der Waals surface area contributed by atoms with E-state index < -0.39 is 18.0 Å². The predicted octanol–water partition coefficient (Wildman–Crippen LogP) is 1.90. The number of nitrogens with zero attached hydrogens (tertiary/aromatic N) is 1. The van der Waals surface area contributed by atoms with Crippen molar-refractivity contribution in [1.29, 1.82) is 0 Å². The molecule has 0 bridgehead atoms. The summed E-state index contributed by atoms with van der Waals surface area (Å²) in [5.41, 5.74) is 7.59. The lowest BCUT2D eigenvalue weighted by molar-refractivity contribution is -0.0498. The number of thioether (sulfide) groups is 1. The van der Waals surface area contributed by atoms with Crippen LogP contribution < -0.4 is 10.5 Å². The third-order valence-electron chi connectivity index (χ3n) is 2.37. The number of carbonyl (C=O) groups excluding carboxylic acids is 1. The molecule has 2 N–H and O–H groups in total. The van der Waals surface area contributed by atoms with Crippen LogP contribution in [0, 0.1) is 0 Å². The quantitative estimate of drug-likeness (QED) is 0.850. The molecular formula is C11H10F2N2O2S. The largest absolute Gasteiger partial charge is 0.435 e.